The molecule has 0 radical (unpaired) electrons. The van der Waals surface area contributed by atoms with Crippen molar-refractivity contribution in [2.45, 2.75) is 0 Å². The fourth-order valence-electron chi connectivity index (χ4n) is 2.10. The van der Waals surface area contributed by atoms with Gasteiger partial charge in [0.15, 0.2) is 11.6 Å². The fraction of sp³-hybridized carbons (Fsp3) is 0. The highest BCUT2D eigenvalue weighted by Crippen LogP contribution is 2.15. The van der Waals surface area contributed by atoms with Gasteiger partial charge in [0.05, 0.1) is 11.1 Å². The number of rotatable bonds is 2. The van der Waals surface area contributed by atoms with E-state index in [1.807, 2.05) is 0 Å². The van der Waals surface area contributed by atoms with Crippen molar-refractivity contribution in [1.82, 2.24) is 0 Å². The van der Waals surface area contributed by atoms with Crippen LogP contribution in [-0.2, 0) is 0 Å². The van der Waals surface area contributed by atoms with Crippen LogP contribution in [0.4, 0.5) is 0 Å². The van der Waals surface area contributed by atoms with Gasteiger partial charge < -0.3 is 32.3 Å². The number of fused-ring (bicyclic) bond motifs is 1. The lowest BCUT2D eigenvalue weighted by Crippen LogP contribution is -2.10. The second-order valence-electron chi connectivity index (χ2n) is 4.94. The Morgan fingerprint density at radius 2 is 0.900 bits per heavy atom. The molecule has 0 fully saturated rings. The van der Waals surface area contributed by atoms with Crippen LogP contribution in [0.2, 0.25) is 0 Å². The molecule has 2 aromatic rings. The van der Waals surface area contributed by atoms with Crippen molar-refractivity contribution in [2.24, 2.45) is 0 Å². The van der Waals surface area contributed by atoms with Gasteiger partial charge in [0, 0.05) is 11.1 Å². The molecular weight excluding hydrogens is 396 g/mol. The van der Waals surface area contributed by atoms with Gasteiger partial charge in [-0.3, -0.25) is 19.4 Å². The van der Waals surface area contributed by atoms with Crippen LogP contribution in [0.5, 0.6) is 0 Å². The van der Waals surface area contributed by atoms with Gasteiger partial charge in [-0.05, 0) is 24.3 Å². The smallest absolute Gasteiger partial charge is 0.336 e. The Balaban J connectivity index is 0.000000446. The van der Waals surface area contributed by atoms with Gasteiger partial charge >= 0.3 is 11.9 Å². The van der Waals surface area contributed by atoms with E-state index < -0.39 is 11.9 Å². The second-order valence-corrected chi connectivity index (χ2v) is 4.94. The molecule has 2 N–H and O–H groups in total. The van der Waals surface area contributed by atoms with E-state index in [9.17, 15) is 19.2 Å². The molecule has 152 valence electrons. The summed E-state index contributed by atoms with van der Waals surface area (Å²) >= 11 is 0. The predicted molar refractivity (Wildman–Crippen MR) is 105 cm³/mol. The van der Waals surface area contributed by atoms with Crippen molar-refractivity contribution in [3.05, 3.63) is 115 Å². The maximum atomic E-state index is 11.2. The highest BCUT2D eigenvalue weighted by atomic mass is 16.4. The first kappa shape index (κ1) is 25.1. The van der Waals surface area contributed by atoms with Crippen molar-refractivity contribution in [1.29, 1.82) is 0 Å². The van der Waals surface area contributed by atoms with E-state index in [0.29, 0.717) is 11.1 Å². The van der Waals surface area contributed by atoms with Gasteiger partial charge in [0.2, 0.25) is 0 Å². The van der Waals surface area contributed by atoms with Gasteiger partial charge in [0.1, 0.15) is 0 Å². The van der Waals surface area contributed by atoms with Gasteiger partial charge in [-0.2, -0.15) is 0 Å². The third-order valence-corrected chi connectivity index (χ3v) is 3.23. The van der Waals surface area contributed by atoms with Gasteiger partial charge in [0.25, 0.3) is 0 Å². The van der Waals surface area contributed by atoms with Crippen molar-refractivity contribution < 1.29 is 29.4 Å². The number of hydrogen-bond donors (Lipinski definition) is 2. The standard InChI is InChI=1S/C10H6O2.C8H6O4.2N3/c11-9-5-6-10(12)8-4-2-1-3-7(8)9;9-7(10)5-3-1-2-4-6(5)8(11)12;2*1-3-2/h1-6H;1-4H,(H,9,10)(H,11,12);;/q;;2*-1. The lowest BCUT2D eigenvalue weighted by Gasteiger charge is -2.06. The molecule has 2 aromatic carbocycles. The molecule has 0 spiro atoms. The molecule has 0 atom stereocenters. The Morgan fingerprint density at radius 1 is 0.633 bits per heavy atom. The van der Waals surface area contributed by atoms with E-state index in [0.717, 1.165) is 0 Å². The minimum absolute atomic E-state index is 0.0924. The molecule has 0 aromatic heterocycles. The first-order valence-corrected chi connectivity index (χ1v) is 7.63. The van der Waals surface area contributed by atoms with Gasteiger partial charge in [-0.1, -0.05) is 36.4 Å². The number of aromatic carboxylic acids is 2. The van der Waals surface area contributed by atoms with Crippen LogP contribution < -0.4 is 0 Å². The summed E-state index contributed by atoms with van der Waals surface area (Å²) in [6, 6.07) is 12.3. The van der Waals surface area contributed by atoms with Gasteiger partial charge in [-0.25, -0.2) is 9.59 Å². The zero-order valence-electron chi connectivity index (χ0n) is 15.0. The number of carboxylic acid groups (broad SMARTS) is 2. The van der Waals surface area contributed by atoms with Crippen LogP contribution in [0.1, 0.15) is 41.4 Å². The number of ketones is 2. The fourth-order valence-corrected chi connectivity index (χ4v) is 2.10. The van der Waals surface area contributed by atoms with Crippen LogP contribution in [0, 0.1) is 0 Å². The summed E-state index contributed by atoms with van der Waals surface area (Å²) in [6.45, 7) is 0. The van der Waals surface area contributed by atoms with Crippen LogP contribution in [-0.4, -0.2) is 33.7 Å². The molecule has 3 rings (SSSR count). The molecule has 0 saturated carbocycles. The van der Waals surface area contributed by atoms with Crippen molar-refractivity contribution in [3.63, 3.8) is 0 Å². The van der Waals surface area contributed by atoms with Crippen LogP contribution >= 0.6 is 0 Å². The van der Waals surface area contributed by atoms with Crippen molar-refractivity contribution in [2.75, 3.05) is 0 Å². The topological polar surface area (TPSA) is 226 Å². The molecule has 0 bridgehead atoms. The molecule has 0 aliphatic heterocycles. The summed E-state index contributed by atoms with van der Waals surface area (Å²) in [5.41, 5.74) is 27.6. The maximum absolute atomic E-state index is 11.2. The molecule has 0 heterocycles. The highest BCUT2D eigenvalue weighted by Gasteiger charge is 2.17. The average molecular weight is 408 g/mol. The summed E-state index contributed by atoms with van der Waals surface area (Å²) in [5.74, 6) is -2.64. The Morgan fingerprint density at radius 3 is 1.17 bits per heavy atom. The zero-order chi connectivity index (χ0) is 23.1. The average Bonchev–Trinajstić information content (AvgIpc) is 2.72. The van der Waals surface area contributed by atoms with E-state index >= 15 is 0 Å². The molecule has 1 aliphatic carbocycles. The lowest BCUT2D eigenvalue weighted by atomic mass is 9.95. The number of carboxylic acids is 2. The molecule has 12 nitrogen and oxygen atoms in total. The summed E-state index contributed by atoms with van der Waals surface area (Å²) in [7, 11) is 0. The van der Waals surface area contributed by atoms with Crippen molar-refractivity contribution in [3.8, 4) is 0 Å². The minimum Gasteiger partial charge on any atom is -0.478 e. The molecule has 1 aliphatic rings. The Labute approximate surface area is 168 Å². The molecule has 0 saturated heterocycles. The highest BCUT2D eigenvalue weighted by molar-refractivity contribution is 6.21. The minimum atomic E-state index is -1.23. The Kier molecular flexibility index (Phi) is 11.1. The number of allylic oxidation sites excluding steroid dienone is 2. The third-order valence-electron chi connectivity index (χ3n) is 3.23. The molecular formula is C18H12N6O6-2. The van der Waals surface area contributed by atoms with Crippen LogP contribution in [0.3, 0.4) is 0 Å². The largest absolute Gasteiger partial charge is 0.478 e. The maximum Gasteiger partial charge on any atom is 0.336 e. The summed E-state index contributed by atoms with van der Waals surface area (Å²) in [6.07, 6.45) is 2.62. The molecule has 30 heavy (non-hydrogen) atoms. The first-order chi connectivity index (χ1) is 14.2. The number of carbonyl (C=O) groups excluding carboxylic acids is 2. The summed E-state index contributed by atoms with van der Waals surface area (Å²) in [4.78, 5) is 46.3. The van der Waals surface area contributed by atoms with E-state index in [4.69, 9.17) is 32.3 Å². The zero-order valence-corrected chi connectivity index (χ0v) is 15.0. The van der Waals surface area contributed by atoms with Crippen molar-refractivity contribution >= 4 is 23.5 Å². The monoisotopic (exact) mass is 408 g/mol. The van der Waals surface area contributed by atoms with Crippen LogP contribution in [0.15, 0.2) is 60.7 Å². The number of benzene rings is 2. The van der Waals surface area contributed by atoms with E-state index in [-0.39, 0.29) is 22.7 Å². The molecule has 0 unspecified atom stereocenters. The number of hydrogen-bond acceptors (Lipinski definition) is 4. The number of nitrogens with zero attached hydrogens (tertiary/aromatic N) is 6. The SMILES string of the molecule is O=C(O)c1ccccc1C(=O)O.O=C1C=CC(=O)c2ccccc21.[N-]=[N+]=[N-].[N-]=[N+]=[N-]. The van der Waals surface area contributed by atoms with E-state index in [1.54, 1.807) is 24.3 Å². The van der Waals surface area contributed by atoms with E-state index in [1.165, 1.54) is 46.2 Å². The van der Waals surface area contributed by atoms with Crippen LogP contribution in [0.25, 0.3) is 31.9 Å². The summed E-state index contributed by atoms with van der Waals surface area (Å²) < 4.78 is 0. The quantitative estimate of drug-likeness (QED) is 0.414. The third kappa shape index (κ3) is 7.76. The lowest BCUT2D eigenvalue weighted by molar-refractivity contribution is 0.0651. The second kappa shape index (κ2) is 13.3. The van der Waals surface area contributed by atoms with Gasteiger partial charge in [-0.15, -0.1) is 0 Å². The predicted octanol–water partition coefficient (Wildman–Crippen LogP) is 4.44. The Hall–Kier alpha value is -4.92. The molecule has 12 heteroatoms. The molecule has 0 amide bonds. The normalized spacial score (nSPS) is 10.1. The van der Waals surface area contributed by atoms with E-state index in [2.05, 4.69) is 0 Å². The summed E-state index contributed by atoms with van der Waals surface area (Å²) in [5, 5.41) is 17.1. The Bertz CT molecular complexity index is 969. The number of carbonyl (C=O) groups is 4. The first-order valence-electron chi connectivity index (χ1n) is 7.63.